The summed E-state index contributed by atoms with van der Waals surface area (Å²) < 4.78 is 1.92. The van der Waals surface area contributed by atoms with Gasteiger partial charge in [-0.05, 0) is 29.1 Å². The van der Waals surface area contributed by atoms with Crippen molar-refractivity contribution in [1.82, 2.24) is 14.8 Å². The highest BCUT2D eigenvalue weighted by molar-refractivity contribution is 7.98. The fourth-order valence-corrected chi connectivity index (χ4v) is 3.96. The second kappa shape index (κ2) is 8.15. The largest absolute Gasteiger partial charge is 0.370 e. The zero-order valence-corrected chi connectivity index (χ0v) is 15.4. The lowest BCUT2D eigenvalue weighted by Gasteiger charge is -2.08. The topological polar surface area (TPSA) is 117 Å². The molecule has 3 aromatic rings. The third kappa shape index (κ3) is 4.30. The van der Waals surface area contributed by atoms with Gasteiger partial charge < -0.3 is 16.0 Å². The molecule has 0 unspecified atom stereocenters. The number of carbonyl (C=O) groups excluding carboxylic acids is 2. The molecular formula is C17H17N5O2S2. The van der Waals surface area contributed by atoms with Crippen molar-refractivity contribution in [2.75, 3.05) is 0 Å². The molecule has 26 heavy (non-hydrogen) atoms. The van der Waals surface area contributed by atoms with Gasteiger partial charge in [-0.15, -0.1) is 21.5 Å². The Morgan fingerprint density at radius 3 is 2.50 bits per heavy atom. The van der Waals surface area contributed by atoms with E-state index in [2.05, 4.69) is 10.2 Å². The molecule has 0 saturated heterocycles. The fraction of sp³-hybridized carbons (Fsp3) is 0.176. The van der Waals surface area contributed by atoms with Crippen LogP contribution in [0.1, 0.15) is 22.3 Å². The molecule has 7 nitrogen and oxygen atoms in total. The van der Waals surface area contributed by atoms with E-state index < -0.39 is 5.91 Å². The van der Waals surface area contributed by atoms with Crippen LogP contribution in [0, 0.1) is 0 Å². The zero-order valence-electron chi connectivity index (χ0n) is 13.8. The Kier molecular flexibility index (Phi) is 5.69. The van der Waals surface area contributed by atoms with Gasteiger partial charge in [-0.2, -0.15) is 0 Å². The van der Waals surface area contributed by atoms with E-state index in [-0.39, 0.29) is 12.3 Å². The third-order valence-electron chi connectivity index (χ3n) is 3.65. The molecule has 2 amide bonds. The summed E-state index contributed by atoms with van der Waals surface area (Å²) in [5, 5.41) is 11.2. The summed E-state index contributed by atoms with van der Waals surface area (Å²) in [5.74, 6) is 0.565. The minimum absolute atomic E-state index is 0.220. The Labute approximate surface area is 158 Å². The Balaban J connectivity index is 1.78. The maximum atomic E-state index is 11.2. The molecule has 2 aromatic heterocycles. The van der Waals surface area contributed by atoms with Gasteiger partial charge in [0.15, 0.2) is 11.0 Å². The number of carbonyl (C=O) groups is 2. The molecule has 1 aromatic carbocycles. The number of primary amides is 2. The number of thioether (sulfide) groups is 1. The highest BCUT2D eigenvalue weighted by Gasteiger charge is 2.16. The van der Waals surface area contributed by atoms with Crippen LogP contribution in [0.25, 0.3) is 10.7 Å². The predicted octanol–water partition coefficient (Wildman–Crippen LogP) is 2.27. The minimum atomic E-state index is -0.448. The maximum absolute atomic E-state index is 11.2. The number of benzene rings is 1. The lowest BCUT2D eigenvalue weighted by Crippen LogP contribution is -2.14. The number of aromatic nitrogens is 3. The molecule has 0 spiro atoms. The lowest BCUT2D eigenvalue weighted by molar-refractivity contribution is -0.118. The first-order valence-electron chi connectivity index (χ1n) is 7.81. The minimum Gasteiger partial charge on any atom is -0.370 e. The van der Waals surface area contributed by atoms with Crippen molar-refractivity contribution in [3.05, 3.63) is 52.9 Å². The number of hydrogen-bond acceptors (Lipinski definition) is 6. The van der Waals surface area contributed by atoms with Gasteiger partial charge in [-0.3, -0.25) is 9.59 Å². The summed E-state index contributed by atoms with van der Waals surface area (Å²) in [6.45, 7) is 0.429. The van der Waals surface area contributed by atoms with E-state index in [0.717, 1.165) is 16.3 Å². The van der Waals surface area contributed by atoms with E-state index in [1.807, 2.05) is 34.2 Å². The number of hydrogen-bond donors (Lipinski definition) is 2. The van der Waals surface area contributed by atoms with Gasteiger partial charge in [0.1, 0.15) is 0 Å². The van der Waals surface area contributed by atoms with Crippen LogP contribution >= 0.6 is 23.1 Å². The van der Waals surface area contributed by atoms with Crippen LogP contribution in [-0.4, -0.2) is 26.6 Å². The summed E-state index contributed by atoms with van der Waals surface area (Å²) in [5.41, 5.74) is 12.1. The molecule has 0 aliphatic carbocycles. The highest BCUT2D eigenvalue weighted by Crippen LogP contribution is 2.29. The first kappa shape index (κ1) is 18.2. The molecule has 0 radical (unpaired) electrons. The van der Waals surface area contributed by atoms with Crippen LogP contribution in [0.3, 0.4) is 0 Å². The molecule has 134 valence electrons. The van der Waals surface area contributed by atoms with Crippen molar-refractivity contribution in [2.45, 2.75) is 23.9 Å². The Morgan fingerprint density at radius 2 is 1.88 bits per heavy atom. The standard InChI is InChI=1S/C17H17N5O2S2/c18-14(23)7-8-22-16(13-2-1-9-25-13)20-21-17(22)26-10-11-3-5-12(6-4-11)15(19)24/h1-6,9H,7-8,10H2,(H2,18,23)(H2,19,24). The van der Waals surface area contributed by atoms with Gasteiger partial charge in [0.25, 0.3) is 0 Å². The SMILES string of the molecule is NC(=O)CCn1c(SCc2ccc(C(N)=O)cc2)nnc1-c1cccs1. The number of nitrogens with zero attached hydrogens (tertiary/aromatic N) is 3. The summed E-state index contributed by atoms with van der Waals surface area (Å²) >= 11 is 3.07. The molecule has 2 heterocycles. The van der Waals surface area contributed by atoms with Gasteiger partial charge in [-0.1, -0.05) is 30.0 Å². The average Bonchev–Trinajstić information content (AvgIpc) is 3.27. The smallest absolute Gasteiger partial charge is 0.248 e. The van der Waals surface area contributed by atoms with Gasteiger partial charge in [0, 0.05) is 24.3 Å². The number of nitrogens with two attached hydrogens (primary N) is 2. The number of amides is 2. The average molecular weight is 387 g/mol. The van der Waals surface area contributed by atoms with Crippen molar-refractivity contribution in [3.8, 4) is 10.7 Å². The van der Waals surface area contributed by atoms with Crippen LogP contribution in [0.5, 0.6) is 0 Å². The zero-order chi connectivity index (χ0) is 18.5. The second-order valence-corrected chi connectivity index (χ2v) is 7.39. The molecule has 0 fully saturated rings. The summed E-state index contributed by atoms with van der Waals surface area (Å²) in [6, 6.07) is 11.0. The molecule has 0 atom stereocenters. The first-order chi connectivity index (χ1) is 12.5. The van der Waals surface area contributed by atoms with Crippen molar-refractivity contribution in [2.24, 2.45) is 11.5 Å². The Hall–Kier alpha value is -2.65. The van der Waals surface area contributed by atoms with Crippen molar-refractivity contribution in [3.63, 3.8) is 0 Å². The van der Waals surface area contributed by atoms with Crippen molar-refractivity contribution < 1.29 is 9.59 Å². The van der Waals surface area contributed by atoms with E-state index in [0.29, 0.717) is 23.0 Å². The van der Waals surface area contributed by atoms with E-state index in [1.165, 1.54) is 11.8 Å². The number of thiophene rings is 1. The summed E-state index contributed by atoms with van der Waals surface area (Å²) in [7, 11) is 0. The Bertz CT molecular complexity index is 904. The van der Waals surface area contributed by atoms with E-state index in [1.54, 1.807) is 23.5 Å². The molecule has 0 bridgehead atoms. The quantitative estimate of drug-likeness (QED) is 0.575. The van der Waals surface area contributed by atoms with E-state index in [4.69, 9.17) is 11.5 Å². The molecule has 0 aliphatic rings. The van der Waals surface area contributed by atoms with E-state index in [9.17, 15) is 9.59 Å². The van der Waals surface area contributed by atoms with Crippen LogP contribution in [-0.2, 0) is 17.1 Å². The second-order valence-electron chi connectivity index (χ2n) is 5.50. The third-order valence-corrected chi connectivity index (χ3v) is 5.55. The van der Waals surface area contributed by atoms with Gasteiger partial charge in [-0.25, -0.2) is 0 Å². The first-order valence-corrected chi connectivity index (χ1v) is 9.68. The normalized spacial score (nSPS) is 10.8. The van der Waals surface area contributed by atoms with Gasteiger partial charge in [0.2, 0.25) is 11.8 Å². The highest BCUT2D eigenvalue weighted by atomic mass is 32.2. The summed E-state index contributed by atoms with van der Waals surface area (Å²) in [4.78, 5) is 23.3. The predicted molar refractivity (Wildman–Crippen MR) is 102 cm³/mol. The van der Waals surface area contributed by atoms with E-state index >= 15 is 0 Å². The van der Waals surface area contributed by atoms with Gasteiger partial charge >= 0.3 is 0 Å². The number of rotatable bonds is 8. The van der Waals surface area contributed by atoms with Crippen molar-refractivity contribution in [1.29, 1.82) is 0 Å². The van der Waals surface area contributed by atoms with Crippen LogP contribution in [0.4, 0.5) is 0 Å². The molecule has 4 N–H and O–H groups in total. The lowest BCUT2D eigenvalue weighted by atomic mass is 10.1. The molecule has 0 aliphatic heterocycles. The van der Waals surface area contributed by atoms with Crippen LogP contribution in [0.2, 0.25) is 0 Å². The van der Waals surface area contributed by atoms with Crippen LogP contribution in [0.15, 0.2) is 46.9 Å². The molecule has 9 heteroatoms. The molecule has 3 rings (SSSR count). The molecule has 0 saturated carbocycles. The van der Waals surface area contributed by atoms with Gasteiger partial charge in [0.05, 0.1) is 4.88 Å². The Morgan fingerprint density at radius 1 is 1.12 bits per heavy atom. The van der Waals surface area contributed by atoms with Crippen LogP contribution < -0.4 is 11.5 Å². The molecular weight excluding hydrogens is 370 g/mol. The fourth-order valence-electron chi connectivity index (χ4n) is 2.32. The van der Waals surface area contributed by atoms with Crippen molar-refractivity contribution >= 4 is 34.9 Å². The summed E-state index contributed by atoms with van der Waals surface area (Å²) in [6.07, 6.45) is 0.220. The maximum Gasteiger partial charge on any atom is 0.248 e. The monoisotopic (exact) mass is 387 g/mol.